The summed E-state index contributed by atoms with van der Waals surface area (Å²) in [6, 6.07) is 4.29. The van der Waals surface area contributed by atoms with Crippen LogP contribution in [0.4, 0.5) is 4.79 Å². The third-order valence-electron chi connectivity index (χ3n) is 4.57. The minimum Gasteiger partial charge on any atom is -0.493 e. The Hall–Kier alpha value is -2.04. The maximum absolute atomic E-state index is 12.6. The van der Waals surface area contributed by atoms with Gasteiger partial charge in [-0.15, -0.1) is 0 Å². The molecule has 10 heteroatoms. The van der Waals surface area contributed by atoms with Crippen molar-refractivity contribution in [2.24, 2.45) is 0 Å². The highest BCUT2D eigenvalue weighted by molar-refractivity contribution is 7.89. The SMILES string of the molecule is COc1ccc(S(=O)(=O)NCCN(C(=O)N(C)C)C2CCOCC2)cc1OC. The van der Waals surface area contributed by atoms with Gasteiger partial charge in [-0.05, 0) is 25.0 Å². The second-order valence-electron chi connectivity index (χ2n) is 6.63. The molecule has 0 aliphatic carbocycles. The third kappa shape index (κ3) is 5.49. The zero-order valence-corrected chi connectivity index (χ0v) is 17.6. The zero-order chi connectivity index (χ0) is 20.7. The Kier molecular flexibility index (Phi) is 7.90. The summed E-state index contributed by atoms with van der Waals surface area (Å²) in [6.45, 7) is 1.57. The van der Waals surface area contributed by atoms with Gasteiger partial charge in [-0.1, -0.05) is 0 Å². The van der Waals surface area contributed by atoms with Gasteiger partial charge in [0, 0.05) is 52.5 Å². The summed E-state index contributed by atoms with van der Waals surface area (Å²) in [6.07, 6.45) is 1.48. The molecular weight excluding hydrogens is 386 g/mol. The van der Waals surface area contributed by atoms with Crippen molar-refractivity contribution < 1.29 is 27.4 Å². The van der Waals surface area contributed by atoms with Crippen LogP contribution in [0.5, 0.6) is 11.5 Å². The molecule has 0 unspecified atom stereocenters. The summed E-state index contributed by atoms with van der Waals surface area (Å²) in [5.74, 6) is 0.778. The molecule has 1 aromatic rings. The molecule has 0 bridgehead atoms. The summed E-state index contributed by atoms with van der Waals surface area (Å²) in [4.78, 5) is 15.8. The quantitative estimate of drug-likeness (QED) is 0.684. The first kappa shape index (κ1) is 22.3. The van der Waals surface area contributed by atoms with Crippen LogP contribution in [0.2, 0.25) is 0 Å². The van der Waals surface area contributed by atoms with Crippen LogP contribution in [-0.4, -0.2) is 84.9 Å². The van der Waals surface area contributed by atoms with Crippen LogP contribution >= 0.6 is 0 Å². The van der Waals surface area contributed by atoms with Crippen molar-refractivity contribution >= 4 is 16.1 Å². The van der Waals surface area contributed by atoms with Gasteiger partial charge in [0.15, 0.2) is 11.5 Å². The van der Waals surface area contributed by atoms with Crippen molar-refractivity contribution in [1.29, 1.82) is 0 Å². The van der Waals surface area contributed by atoms with E-state index in [2.05, 4.69) is 4.72 Å². The largest absolute Gasteiger partial charge is 0.493 e. The Morgan fingerprint density at radius 2 is 1.82 bits per heavy atom. The second-order valence-corrected chi connectivity index (χ2v) is 8.40. The van der Waals surface area contributed by atoms with E-state index in [-0.39, 0.29) is 30.1 Å². The molecule has 28 heavy (non-hydrogen) atoms. The van der Waals surface area contributed by atoms with E-state index in [1.807, 2.05) is 0 Å². The molecule has 0 aromatic heterocycles. The van der Waals surface area contributed by atoms with Gasteiger partial charge in [-0.25, -0.2) is 17.9 Å². The lowest BCUT2D eigenvalue weighted by Gasteiger charge is -2.36. The number of nitrogens with one attached hydrogen (secondary N) is 1. The number of ether oxygens (including phenoxy) is 3. The molecular formula is C18H29N3O6S. The number of carbonyl (C=O) groups excluding carboxylic acids is 1. The van der Waals surface area contributed by atoms with Gasteiger partial charge >= 0.3 is 6.03 Å². The lowest BCUT2D eigenvalue weighted by atomic mass is 10.1. The third-order valence-corrected chi connectivity index (χ3v) is 6.03. The first-order valence-electron chi connectivity index (χ1n) is 9.07. The van der Waals surface area contributed by atoms with Crippen LogP contribution in [0.3, 0.4) is 0 Å². The van der Waals surface area contributed by atoms with Crippen LogP contribution < -0.4 is 14.2 Å². The Labute approximate surface area is 166 Å². The Morgan fingerprint density at radius 1 is 1.18 bits per heavy atom. The Balaban J connectivity index is 2.06. The molecule has 9 nitrogen and oxygen atoms in total. The summed E-state index contributed by atoms with van der Waals surface area (Å²) in [7, 11) is 2.54. The van der Waals surface area contributed by atoms with Gasteiger partial charge in [0.25, 0.3) is 0 Å². The Morgan fingerprint density at radius 3 is 2.39 bits per heavy atom. The van der Waals surface area contributed by atoms with Crippen LogP contribution in [-0.2, 0) is 14.8 Å². The summed E-state index contributed by atoms with van der Waals surface area (Å²) in [5.41, 5.74) is 0. The van der Waals surface area contributed by atoms with Gasteiger partial charge in [-0.3, -0.25) is 0 Å². The molecule has 1 saturated heterocycles. The number of nitrogens with zero attached hydrogens (tertiary/aromatic N) is 2. The van der Waals surface area contributed by atoms with E-state index in [1.54, 1.807) is 19.0 Å². The van der Waals surface area contributed by atoms with Crippen LogP contribution in [0.15, 0.2) is 23.1 Å². The lowest BCUT2D eigenvalue weighted by Crippen LogP contribution is -2.50. The fourth-order valence-corrected chi connectivity index (χ4v) is 4.09. The molecule has 1 aromatic carbocycles. The van der Waals surface area contributed by atoms with E-state index < -0.39 is 10.0 Å². The van der Waals surface area contributed by atoms with E-state index in [0.717, 1.165) is 12.8 Å². The molecule has 0 saturated carbocycles. The predicted octanol–water partition coefficient (Wildman–Crippen LogP) is 1.14. The van der Waals surface area contributed by atoms with Gasteiger partial charge in [0.05, 0.1) is 19.1 Å². The van der Waals surface area contributed by atoms with Crippen molar-refractivity contribution in [3.05, 3.63) is 18.2 Å². The minimum atomic E-state index is -3.75. The lowest BCUT2D eigenvalue weighted by molar-refractivity contribution is 0.0421. The molecule has 1 fully saturated rings. The van der Waals surface area contributed by atoms with E-state index >= 15 is 0 Å². The summed E-state index contributed by atoms with van der Waals surface area (Å²) >= 11 is 0. The van der Waals surface area contributed by atoms with Gasteiger partial charge < -0.3 is 24.0 Å². The fraction of sp³-hybridized carbons (Fsp3) is 0.611. The van der Waals surface area contributed by atoms with Gasteiger partial charge in [-0.2, -0.15) is 0 Å². The number of hydrogen-bond acceptors (Lipinski definition) is 6. The van der Waals surface area contributed by atoms with Crippen LogP contribution in [0, 0.1) is 0 Å². The molecule has 2 amide bonds. The molecule has 2 rings (SSSR count). The van der Waals surface area contributed by atoms with Crippen molar-refractivity contribution in [3.8, 4) is 11.5 Å². The van der Waals surface area contributed by atoms with E-state index in [0.29, 0.717) is 24.7 Å². The predicted molar refractivity (Wildman–Crippen MR) is 104 cm³/mol. The number of benzene rings is 1. The zero-order valence-electron chi connectivity index (χ0n) is 16.8. The number of hydrogen-bond donors (Lipinski definition) is 1. The minimum absolute atomic E-state index is 0.0363. The first-order valence-corrected chi connectivity index (χ1v) is 10.6. The number of urea groups is 1. The number of methoxy groups -OCH3 is 2. The van der Waals surface area contributed by atoms with Crippen molar-refractivity contribution in [2.75, 3.05) is 54.6 Å². The second kappa shape index (κ2) is 9.94. The fourth-order valence-electron chi connectivity index (χ4n) is 3.06. The molecule has 0 atom stereocenters. The average Bonchev–Trinajstić information content (AvgIpc) is 2.70. The number of amides is 2. The van der Waals surface area contributed by atoms with Crippen LogP contribution in [0.25, 0.3) is 0 Å². The highest BCUT2D eigenvalue weighted by Gasteiger charge is 2.27. The van der Waals surface area contributed by atoms with Gasteiger partial charge in [0.2, 0.25) is 10.0 Å². The van der Waals surface area contributed by atoms with Crippen LogP contribution in [0.1, 0.15) is 12.8 Å². The molecule has 0 spiro atoms. The summed E-state index contributed by atoms with van der Waals surface area (Å²) < 4.78 is 43.5. The Bertz CT molecular complexity index is 763. The number of rotatable bonds is 8. The molecule has 0 radical (unpaired) electrons. The van der Waals surface area contributed by atoms with Crippen molar-refractivity contribution in [1.82, 2.24) is 14.5 Å². The normalized spacial score (nSPS) is 15.1. The highest BCUT2D eigenvalue weighted by atomic mass is 32.2. The smallest absolute Gasteiger partial charge is 0.319 e. The monoisotopic (exact) mass is 415 g/mol. The number of sulfonamides is 1. The van der Waals surface area contributed by atoms with Crippen molar-refractivity contribution in [2.45, 2.75) is 23.8 Å². The van der Waals surface area contributed by atoms with E-state index in [9.17, 15) is 13.2 Å². The van der Waals surface area contributed by atoms with Gasteiger partial charge in [0.1, 0.15) is 0 Å². The highest BCUT2D eigenvalue weighted by Crippen LogP contribution is 2.29. The molecule has 1 N–H and O–H groups in total. The maximum Gasteiger partial charge on any atom is 0.319 e. The molecule has 1 heterocycles. The first-order chi connectivity index (χ1) is 13.3. The van der Waals surface area contributed by atoms with E-state index in [4.69, 9.17) is 14.2 Å². The average molecular weight is 416 g/mol. The number of carbonyl (C=O) groups is 1. The summed E-state index contributed by atoms with van der Waals surface area (Å²) in [5, 5.41) is 0. The molecule has 1 aliphatic rings. The topological polar surface area (TPSA) is 97.4 Å². The maximum atomic E-state index is 12.6. The standard InChI is InChI=1S/C18H29N3O6S/c1-20(2)18(22)21(14-7-11-27-12-8-14)10-9-19-28(23,24)15-5-6-16(25-3)17(13-15)26-4/h5-6,13-14,19H,7-12H2,1-4H3. The molecule has 1 aliphatic heterocycles. The van der Waals surface area contributed by atoms with Crippen molar-refractivity contribution in [3.63, 3.8) is 0 Å². The van der Waals surface area contributed by atoms with E-state index in [1.165, 1.54) is 37.3 Å². The molecule has 158 valence electrons.